The first kappa shape index (κ1) is 19.7. The maximum Gasteiger partial charge on any atom is 0.323 e. The normalized spacial score (nSPS) is 13.6. The van der Waals surface area contributed by atoms with Gasteiger partial charge in [0.15, 0.2) is 5.82 Å². The summed E-state index contributed by atoms with van der Waals surface area (Å²) in [6.07, 6.45) is 0. The van der Waals surface area contributed by atoms with E-state index in [1.807, 2.05) is 48.5 Å². The number of urea groups is 1. The number of benzene rings is 2. The van der Waals surface area contributed by atoms with E-state index >= 15 is 0 Å². The number of ether oxygens (including phenoxy) is 2. The highest BCUT2D eigenvalue weighted by atomic mass is 16.5. The average molecular weight is 405 g/mol. The lowest BCUT2D eigenvalue weighted by Crippen LogP contribution is -2.36. The Balaban J connectivity index is 1.42. The molecular weight excluding hydrogens is 382 g/mol. The van der Waals surface area contributed by atoms with Crippen LogP contribution < -0.4 is 20.3 Å². The molecule has 0 radical (unpaired) electrons. The van der Waals surface area contributed by atoms with Crippen LogP contribution in [0.25, 0.3) is 11.3 Å². The van der Waals surface area contributed by atoms with E-state index in [1.54, 1.807) is 19.2 Å². The molecule has 3 aromatic rings. The van der Waals surface area contributed by atoms with Gasteiger partial charge in [0.1, 0.15) is 5.75 Å². The summed E-state index contributed by atoms with van der Waals surface area (Å²) >= 11 is 0. The number of rotatable bonds is 5. The number of nitrogens with zero attached hydrogens (tertiary/aromatic N) is 3. The molecule has 0 saturated carbocycles. The molecule has 2 heterocycles. The summed E-state index contributed by atoms with van der Waals surface area (Å²) in [7, 11) is 1.58. The second-order valence-corrected chi connectivity index (χ2v) is 6.77. The van der Waals surface area contributed by atoms with Crippen molar-refractivity contribution in [3.63, 3.8) is 0 Å². The molecule has 8 heteroatoms. The van der Waals surface area contributed by atoms with Crippen molar-refractivity contribution in [1.29, 1.82) is 0 Å². The van der Waals surface area contributed by atoms with Crippen LogP contribution >= 0.6 is 0 Å². The van der Waals surface area contributed by atoms with E-state index in [4.69, 9.17) is 9.47 Å². The number of carbonyl (C=O) groups excluding carboxylic acids is 1. The average Bonchev–Trinajstić information content (AvgIpc) is 2.80. The zero-order valence-electron chi connectivity index (χ0n) is 16.7. The first-order valence-corrected chi connectivity index (χ1v) is 9.70. The fourth-order valence-corrected chi connectivity index (χ4v) is 3.19. The standard InChI is InChI=1S/C22H23N5O3/c1-29-19-7-3-6-18(15-19)24-22(28)23-17-5-2-4-16(14-17)20-8-9-21(26-25-20)27-10-12-30-13-11-27/h2-9,14-15H,10-13H2,1H3,(H2,23,24,28). The van der Waals surface area contributed by atoms with Gasteiger partial charge in [0.2, 0.25) is 0 Å². The van der Waals surface area contributed by atoms with Crippen LogP contribution in [0, 0.1) is 0 Å². The molecule has 4 rings (SSSR count). The van der Waals surface area contributed by atoms with Crippen LogP contribution in [0.15, 0.2) is 60.7 Å². The van der Waals surface area contributed by atoms with Crippen molar-refractivity contribution in [2.45, 2.75) is 0 Å². The molecule has 154 valence electrons. The lowest BCUT2D eigenvalue weighted by Gasteiger charge is -2.27. The number of aromatic nitrogens is 2. The van der Waals surface area contributed by atoms with Crippen molar-refractivity contribution in [2.75, 3.05) is 48.9 Å². The summed E-state index contributed by atoms with van der Waals surface area (Å²) in [6, 6.07) is 18.2. The number of carbonyl (C=O) groups is 1. The van der Waals surface area contributed by atoms with Crippen LogP contribution in [0.3, 0.4) is 0 Å². The molecule has 8 nitrogen and oxygen atoms in total. The summed E-state index contributed by atoms with van der Waals surface area (Å²) in [6.45, 7) is 3.04. The Kier molecular flexibility index (Phi) is 6.05. The molecule has 0 unspecified atom stereocenters. The Morgan fingerprint density at radius 3 is 2.40 bits per heavy atom. The second-order valence-electron chi connectivity index (χ2n) is 6.77. The fraction of sp³-hybridized carbons (Fsp3) is 0.227. The summed E-state index contributed by atoms with van der Waals surface area (Å²) in [5, 5.41) is 14.3. The minimum absolute atomic E-state index is 0.339. The highest BCUT2D eigenvalue weighted by Gasteiger charge is 2.13. The molecule has 0 bridgehead atoms. The maximum atomic E-state index is 12.3. The minimum Gasteiger partial charge on any atom is -0.497 e. The van der Waals surface area contributed by atoms with E-state index in [-0.39, 0.29) is 6.03 Å². The van der Waals surface area contributed by atoms with Gasteiger partial charge in [-0.25, -0.2) is 4.79 Å². The minimum atomic E-state index is -0.339. The van der Waals surface area contributed by atoms with Crippen molar-refractivity contribution in [3.8, 4) is 17.0 Å². The van der Waals surface area contributed by atoms with Gasteiger partial charge in [0.05, 0.1) is 26.0 Å². The lowest BCUT2D eigenvalue weighted by molar-refractivity contribution is 0.122. The van der Waals surface area contributed by atoms with Gasteiger partial charge in [-0.1, -0.05) is 18.2 Å². The van der Waals surface area contributed by atoms with E-state index < -0.39 is 0 Å². The van der Waals surface area contributed by atoms with E-state index in [9.17, 15) is 4.79 Å². The van der Waals surface area contributed by atoms with Gasteiger partial charge in [-0.05, 0) is 36.4 Å². The predicted octanol–water partition coefficient (Wildman–Crippen LogP) is 3.63. The summed E-state index contributed by atoms with van der Waals surface area (Å²) < 4.78 is 10.5. The molecule has 1 saturated heterocycles. The van der Waals surface area contributed by atoms with Crippen molar-refractivity contribution in [2.24, 2.45) is 0 Å². The Labute approximate surface area is 174 Å². The molecule has 2 aromatic carbocycles. The third kappa shape index (κ3) is 4.84. The molecule has 1 aromatic heterocycles. The molecule has 0 spiro atoms. The second kappa shape index (κ2) is 9.23. The van der Waals surface area contributed by atoms with Gasteiger partial charge >= 0.3 is 6.03 Å². The molecule has 1 aliphatic heterocycles. The van der Waals surface area contributed by atoms with Crippen molar-refractivity contribution in [1.82, 2.24) is 10.2 Å². The SMILES string of the molecule is COc1cccc(NC(=O)Nc2cccc(-c3ccc(N4CCOCC4)nn3)c2)c1. The molecule has 2 amide bonds. The van der Waals surface area contributed by atoms with E-state index in [1.165, 1.54) is 0 Å². The monoisotopic (exact) mass is 405 g/mol. The number of nitrogens with one attached hydrogen (secondary N) is 2. The van der Waals surface area contributed by atoms with Crippen LogP contribution in [-0.4, -0.2) is 49.6 Å². The van der Waals surface area contributed by atoms with Crippen LogP contribution in [0.4, 0.5) is 22.0 Å². The first-order chi connectivity index (χ1) is 14.7. The molecule has 0 aliphatic carbocycles. The predicted molar refractivity (Wildman–Crippen MR) is 116 cm³/mol. The van der Waals surface area contributed by atoms with Crippen LogP contribution in [0.1, 0.15) is 0 Å². The smallest absolute Gasteiger partial charge is 0.323 e. The third-order valence-electron chi connectivity index (χ3n) is 4.73. The van der Waals surface area contributed by atoms with Gasteiger partial charge < -0.3 is 25.0 Å². The number of hydrogen-bond acceptors (Lipinski definition) is 6. The van der Waals surface area contributed by atoms with Crippen LogP contribution in [0.2, 0.25) is 0 Å². The van der Waals surface area contributed by atoms with Crippen molar-refractivity contribution in [3.05, 3.63) is 60.7 Å². The number of hydrogen-bond donors (Lipinski definition) is 2. The van der Waals surface area contributed by atoms with Gasteiger partial charge in [0, 0.05) is 36.1 Å². The molecule has 30 heavy (non-hydrogen) atoms. The Bertz CT molecular complexity index is 1000. The Morgan fingerprint density at radius 1 is 0.967 bits per heavy atom. The van der Waals surface area contributed by atoms with Crippen molar-refractivity contribution >= 4 is 23.2 Å². The quantitative estimate of drug-likeness (QED) is 0.674. The Morgan fingerprint density at radius 2 is 1.70 bits per heavy atom. The van der Waals surface area contributed by atoms with Crippen LogP contribution in [0.5, 0.6) is 5.75 Å². The van der Waals surface area contributed by atoms with E-state index in [0.717, 1.165) is 30.2 Å². The van der Waals surface area contributed by atoms with Gasteiger partial charge in [0.25, 0.3) is 0 Å². The molecule has 2 N–H and O–H groups in total. The lowest BCUT2D eigenvalue weighted by atomic mass is 10.1. The van der Waals surface area contributed by atoms with E-state index in [0.29, 0.717) is 30.3 Å². The molecular formula is C22H23N5O3. The molecule has 1 fully saturated rings. The zero-order chi connectivity index (χ0) is 20.8. The highest BCUT2D eigenvalue weighted by molar-refractivity contribution is 6.00. The number of amides is 2. The largest absolute Gasteiger partial charge is 0.497 e. The third-order valence-corrected chi connectivity index (χ3v) is 4.73. The summed E-state index contributed by atoms with van der Waals surface area (Å²) in [4.78, 5) is 14.5. The number of morpholine rings is 1. The van der Waals surface area contributed by atoms with Gasteiger partial charge in [-0.15, -0.1) is 10.2 Å². The van der Waals surface area contributed by atoms with Crippen LogP contribution in [-0.2, 0) is 4.74 Å². The van der Waals surface area contributed by atoms with Gasteiger partial charge in [-0.2, -0.15) is 0 Å². The maximum absolute atomic E-state index is 12.3. The van der Waals surface area contributed by atoms with E-state index in [2.05, 4.69) is 25.7 Å². The number of anilines is 3. The topological polar surface area (TPSA) is 88.6 Å². The first-order valence-electron chi connectivity index (χ1n) is 9.70. The summed E-state index contributed by atoms with van der Waals surface area (Å²) in [5.41, 5.74) is 2.92. The van der Waals surface area contributed by atoms with Crippen molar-refractivity contribution < 1.29 is 14.3 Å². The van der Waals surface area contributed by atoms with Gasteiger partial charge in [-0.3, -0.25) is 0 Å². The zero-order valence-corrected chi connectivity index (χ0v) is 16.7. The highest BCUT2D eigenvalue weighted by Crippen LogP contribution is 2.23. The summed E-state index contributed by atoms with van der Waals surface area (Å²) in [5.74, 6) is 1.52. The Hall–Kier alpha value is -3.65. The molecule has 1 aliphatic rings. The molecule has 0 atom stereocenters. The number of methoxy groups -OCH3 is 1. The fourth-order valence-electron chi connectivity index (χ4n) is 3.19.